The van der Waals surface area contributed by atoms with Crippen LogP contribution in [0.2, 0.25) is 5.15 Å². The molecule has 1 heterocycles. The van der Waals surface area contributed by atoms with Gasteiger partial charge in [0.1, 0.15) is 0 Å². The fraction of sp³-hybridized carbons (Fsp3) is 0.556. The van der Waals surface area contributed by atoms with E-state index >= 15 is 0 Å². The summed E-state index contributed by atoms with van der Waals surface area (Å²) in [4.78, 5) is 25.1. The minimum Gasteiger partial charge on any atom is -0.295 e. The minimum absolute atomic E-state index is 0.351. The maximum Gasteiger partial charge on any atom is 0.329 e. The van der Waals surface area contributed by atoms with Gasteiger partial charge in [-0.15, -0.1) is 0 Å². The van der Waals surface area contributed by atoms with Gasteiger partial charge in [-0.2, -0.15) is 16.2 Å². The molecule has 0 bridgehead atoms. The van der Waals surface area contributed by atoms with Crippen molar-refractivity contribution in [2.75, 3.05) is 12.0 Å². The summed E-state index contributed by atoms with van der Waals surface area (Å²) in [5.41, 5.74) is -1.65. The lowest BCUT2D eigenvalue weighted by Crippen LogP contribution is -2.39. The average Bonchev–Trinajstić information content (AvgIpc) is 2.23. The molecule has 0 radical (unpaired) electrons. The molecule has 4 nitrogen and oxygen atoms in total. The standard InChI is InChI=1S/C9H12ClFN2O2S/c1-5(3-4-16-2)13-8(14)6(11)7(10)12-9(13)15/h5H,3-4H2,1-2H3,(H,12,15). The molecule has 0 saturated heterocycles. The highest BCUT2D eigenvalue weighted by molar-refractivity contribution is 7.98. The molecule has 0 spiro atoms. The Morgan fingerprint density at radius 3 is 2.75 bits per heavy atom. The van der Waals surface area contributed by atoms with Gasteiger partial charge in [0.2, 0.25) is 5.82 Å². The highest BCUT2D eigenvalue weighted by Crippen LogP contribution is 2.10. The SMILES string of the molecule is CSCCC(C)n1c(=O)[nH]c(Cl)c(F)c1=O. The first-order valence-corrected chi connectivity index (χ1v) is 6.45. The molecule has 90 valence electrons. The molecule has 0 saturated carbocycles. The van der Waals surface area contributed by atoms with Gasteiger partial charge in [-0.3, -0.25) is 14.3 Å². The summed E-state index contributed by atoms with van der Waals surface area (Å²) in [6.07, 6.45) is 2.54. The molecule has 0 aliphatic rings. The van der Waals surface area contributed by atoms with E-state index in [1.807, 2.05) is 6.26 Å². The van der Waals surface area contributed by atoms with Crippen LogP contribution in [0.5, 0.6) is 0 Å². The molecule has 1 aromatic heterocycles. The summed E-state index contributed by atoms with van der Waals surface area (Å²) in [5, 5.41) is -0.539. The van der Waals surface area contributed by atoms with Crippen molar-refractivity contribution in [3.63, 3.8) is 0 Å². The predicted molar refractivity (Wildman–Crippen MR) is 64.0 cm³/mol. The zero-order valence-corrected chi connectivity index (χ0v) is 10.5. The van der Waals surface area contributed by atoms with Gasteiger partial charge in [0.05, 0.1) is 0 Å². The average molecular weight is 267 g/mol. The van der Waals surface area contributed by atoms with E-state index in [0.717, 1.165) is 10.3 Å². The van der Waals surface area contributed by atoms with Crippen LogP contribution in [-0.4, -0.2) is 21.6 Å². The van der Waals surface area contributed by atoms with Crippen LogP contribution in [0.3, 0.4) is 0 Å². The first kappa shape index (κ1) is 13.3. The van der Waals surface area contributed by atoms with Crippen molar-refractivity contribution in [1.82, 2.24) is 9.55 Å². The Morgan fingerprint density at radius 2 is 2.19 bits per heavy atom. The number of hydrogen-bond donors (Lipinski definition) is 1. The molecule has 16 heavy (non-hydrogen) atoms. The zero-order chi connectivity index (χ0) is 12.3. The predicted octanol–water partition coefficient (Wildman–Crippen LogP) is 1.64. The van der Waals surface area contributed by atoms with E-state index in [0.29, 0.717) is 6.42 Å². The van der Waals surface area contributed by atoms with Crippen molar-refractivity contribution in [2.45, 2.75) is 19.4 Å². The summed E-state index contributed by atoms with van der Waals surface area (Å²) in [7, 11) is 0. The number of nitrogens with one attached hydrogen (secondary N) is 1. The molecular weight excluding hydrogens is 255 g/mol. The second-order valence-electron chi connectivity index (χ2n) is 3.36. The third-order valence-electron chi connectivity index (χ3n) is 2.22. The van der Waals surface area contributed by atoms with Crippen molar-refractivity contribution in [2.24, 2.45) is 0 Å². The number of H-pyrrole nitrogens is 1. The number of hydrogen-bond acceptors (Lipinski definition) is 3. The summed E-state index contributed by atoms with van der Waals surface area (Å²) in [5.74, 6) is -0.325. The van der Waals surface area contributed by atoms with Crippen molar-refractivity contribution in [1.29, 1.82) is 0 Å². The van der Waals surface area contributed by atoms with E-state index in [1.54, 1.807) is 18.7 Å². The van der Waals surface area contributed by atoms with E-state index in [9.17, 15) is 14.0 Å². The summed E-state index contributed by atoms with van der Waals surface area (Å²) < 4.78 is 14.1. The fourth-order valence-corrected chi connectivity index (χ4v) is 2.06. The van der Waals surface area contributed by atoms with Gasteiger partial charge >= 0.3 is 5.69 Å². The molecule has 0 aliphatic carbocycles. The van der Waals surface area contributed by atoms with E-state index in [-0.39, 0.29) is 6.04 Å². The lowest BCUT2D eigenvalue weighted by molar-refractivity contribution is 0.463. The van der Waals surface area contributed by atoms with Crippen molar-refractivity contribution in [3.8, 4) is 0 Å². The van der Waals surface area contributed by atoms with Crippen molar-refractivity contribution >= 4 is 23.4 Å². The smallest absolute Gasteiger partial charge is 0.295 e. The minimum atomic E-state index is -1.11. The van der Waals surface area contributed by atoms with E-state index in [4.69, 9.17) is 11.6 Å². The van der Waals surface area contributed by atoms with Crippen LogP contribution in [0, 0.1) is 5.82 Å². The van der Waals surface area contributed by atoms with Crippen molar-refractivity contribution in [3.05, 3.63) is 31.8 Å². The van der Waals surface area contributed by atoms with Gasteiger partial charge in [0.15, 0.2) is 5.15 Å². The number of nitrogens with zero attached hydrogens (tertiary/aromatic N) is 1. The quantitative estimate of drug-likeness (QED) is 0.843. The fourth-order valence-electron chi connectivity index (χ4n) is 1.32. The summed E-state index contributed by atoms with van der Waals surface area (Å²) in [6.45, 7) is 1.69. The topological polar surface area (TPSA) is 54.9 Å². The second kappa shape index (κ2) is 5.54. The number of aromatic amines is 1. The first-order valence-electron chi connectivity index (χ1n) is 4.67. The number of halogens is 2. The van der Waals surface area contributed by atoms with Crippen LogP contribution in [0.25, 0.3) is 0 Å². The maximum atomic E-state index is 13.2. The lowest BCUT2D eigenvalue weighted by Gasteiger charge is -2.13. The van der Waals surface area contributed by atoms with Crippen LogP contribution >= 0.6 is 23.4 Å². The molecule has 1 N–H and O–H groups in total. The molecular formula is C9H12ClFN2O2S. The third kappa shape index (κ3) is 2.68. The summed E-state index contributed by atoms with van der Waals surface area (Å²) >= 11 is 6.95. The Kier molecular flexibility index (Phi) is 4.61. The number of aromatic nitrogens is 2. The Labute approximate surface area is 101 Å². The zero-order valence-electron chi connectivity index (χ0n) is 8.92. The number of rotatable bonds is 4. The van der Waals surface area contributed by atoms with Crippen LogP contribution < -0.4 is 11.2 Å². The van der Waals surface area contributed by atoms with Gasteiger partial charge in [-0.05, 0) is 25.4 Å². The van der Waals surface area contributed by atoms with Crippen LogP contribution in [-0.2, 0) is 0 Å². The number of thioether (sulfide) groups is 1. The van der Waals surface area contributed by atoms with Gasteiger partial charge in [-0.25, -0.2) is 4.79 Å². The Balaban J connectivity index is 3.19. The van der Waals surface area contributed by atoms with E-state index in [1.165, 1.54) is 0 Å². The molecule has 1 atom stereocenters. The molecule has 0 aromatic carbocycles. The first-order chi connectivity index (χ1) is 7.49. The molecule has 1 unspecified atom stereocenters. The maximum absolute atomic E-state index is 13.2. The molecule has 0 amide bonds. The van der Waals surface area contributed by atoms with Crippen LogP contribution in [0.1, 0.15) is 19.4 Å². The largest absolute Gasteiger partial charge is 0.329 e. The normalized spacial score (nSPS) is 12.8. The highest BCUT2D eigenvalue weighted by Gasteiger charge is 2.16. The highest BCUT2D eigenvalue weighted by atomic mass is 35.5. The third-order valence-corrected chi connectivity index (χ3v) is 3.12. The van der Waals surface area contributed by atoms with Gasteiger partial charge in [0.25, 0.3) is 5.56 Å². The summed E-state index contributed by atoms with van der Waals surface area (Å²) in [6, 6.07) is -0.351. The molecule has 7 heteroatoms. The Bertz CT molecular complexity index is 485. The molecule has 1 rings (SSSR count). The van der Waals surface area contributed by atoms with E-state index in [2.05, 4.69) is 4.98 Å². The van der Waals surface area contributed by atoms with E-state index < -0.39 is 22.2 Å². The van der Waals surface area contributed by atoms with Gasteiger partial charge in [0, 0.05) is 6.04 Å². The molecule has 0 aliphatic heterocycles. The van der Waals surface area contributed by atoms with Crippen molar-refractivity contribution < 1.29 is 4.39 Å². The monoisotopic (exact) mass is 266 g/mol. The van der Waals surface area contributed by atoms with Gasteiger partial charge < -0.3 is 0 Å². The Hall–Kier alpha value is -0.750. The second-order valence-corrected chi connectivity index (χ2v) is 4.73. The van der Waals surface area contributed by atoms with Gasteiger partial charge in [-0.1, -0.05) is 11.6 Å². The van der Waals surface area contributed by atoms with Crippen LogP contribution in [0.4, 0.5) is 4.39 Å². The lowest BCUT2D eigenvalue weighted by atomic mass is 10.2. The molecule has 1 aromatic rings. The molecule has 0 fully saturated rings. The van der Waals surface area contributed by atoms with Crippen LogP contribution in [0.15, 0.2) is 9.59 Å². The Morgan fingerprint density at radius 1 is 1.56 bits per heavy atom.